The average molecular weight is 349 g/mol. The SMILES string of the molecule is O=C(O)C1C2CCC(CC2)C1Nc1cc(-c2ncco2)nc(Cl)n1. The van der Waals surface area contributed by atoms with Gasteiger partial charge < -0.3 is 14.8 Å². The third-order valence-corrected chi connectivity index (χ3v) is 5.34. The molecule has 3 fully saturated rings. The molecule has 2 bridgehead atoms. The first-order valence-electron chi connectivity index (χ1n) is 8.05. The van der Waals surface area contributed by atoms with E-state index in [-0.39, 0.29) is 17.2 Å². The van der Waals surface area contributed by atoms with Crippen LogP contribution in [0.15, 0.2) is 22.9 Å². The molecular weight excluding hydrogens is 332 g/mol. The Balaban J connectivity index is 1.63. The summed E-state index contributed by atoms with van der Waals surface area (Å²) < 4.78 is 5.25. The first kappa shape index (κ1) is 15.4. The second-order valence-electron chi connectivity index (χ2n) is 6.45. The van der Waals surface area contributed by atoms with Crippen molar-refractivity contribution in [3.05, 3.63) is 23.8 Å². The van der Waals surface area contributed by atoms with Gasteiger partial charge in [-0.3, -0.25) is 4.79 Å². The van der Waals surface area contributed by atoms with Gasteiger partial charge in [-0.05, 0) is 49.1 Å². The molecule has 24 heavy (non-hydrogen) atoms. The number of rotatable bonds is 4. The van der Waals surface area contributed by atoms with Crippen molar-refractivity contribution < 1.29 is 14.3 Å². The number of nitrogens with one attached hydrogen (secondary N) is 1. The number of carboxylic acids is 1. The van der Waals surface area contributed by atoms with Crippen LogP contribution in [0.1, 0.15) is 25.7 Å². The topological polar surface area (TPSA) is 101 Å². The highest BCUT2D eigenvalue weighted by molar-refractivity contribution is 6.28. The van der Waals surface area contributed by atoms with Crippen LogP contribution in [-0.4, -0.2) is 32.1 Å². The van der Waals surface area contributed by atoms with Crippen LogP contribution >= 0.6 is 11.6 Å². The van der Waals surface area contributed by atoms with E-state index in [9.17, 15) is 9.90 Å². The Morgan fingerprint density at radius 3 is 2.67 bits per heavy atom. The van der Waals surface area contributed by atoms with Crippen LogP contribution in [-0.2, 0) is 4.79 Å². The summed E-state index contributed by atoms with van der Waals surface area (Å²) in [4.78, 5) is 24.1. The number of carboxylic acid groups (broad SMARTS) is 1. The van der Waals surface area contributed by atoms with E-state index < -0.39 is 11.9 Å². The van der Waals surface area contributed by atoms with Crippen molar-refractivity contribution in [2.45, 2.75) is 31.7 Å². The number of hydrogen-bond donors (Lipinski definition) is 2. The Bertz CT molecular complexity index is 744. The maximum Gasteiger partial charge on any atom is 0.308 e. The zero-order valence-electron chi connectivity index (χ0n) is 12.9. The lowest BCUT2D eigenvalue weighted by molar-refractivity contribution is -0.148. The van der Waals surface area contributed by atoms with Crippen LogP contribution < -0.4 is 5.32 Å². The summed E-state index contributed by atoms with van der Waals surface area (Å²) in [6, 6.07) is 1.55. The lowest BCUT2D eigenvalue weighted by atomic mass is 9.61. The molecular formula is C16H17ClN4O3. The van der Waals surface area contributed by atoms with Gasteiger partial charge in [-0.1, -0.05) is 0 Å². The average Bonchev–Trinajstić information content (AvgIpc) is 3.09. The fourth-order valence-electron chi connectivity index (χ4n) is 4.13. The lowest BCUT2D eigenvalue weighted by Crippen LogP contribution is -2.51. The third kappa shape index (κ3) is 2.73. The number of aliphatic carboxylic acids is 1. The predicted octanol–water partition coefficient (Wildman–Crippen LogP) is 3.09. The molecule has 2 unspecified atom stereocenters. The van der Waals surface area contributed by atoms with Crippen molar-refractivity contribution in [3.63, 3.8) is 0 Å². The monoisotopic (exact) mass is 348 g/mol. The van der Waals surface area contributed by atoms with Gasteiger partial charge in [0.1, 0.15) is 17.8 Å². The van der Waals surface area contributed by atoms with Gasteiger partial charge in [0.2, 0.25) is 11.2 Å². The first-order chi connectivity index (χ1) is 11.6. The van der Waals surface area contributed by atoms with E-state index in [1.54, 1.807) is 6.07 Å². The van der Waals surface area contributed by atoms with E-state index in [0.29, 0.717) is 23.3 Å². The molecule has 8 heteroatoms. The van der Waals surface area contributed by atoms with E-state index in [1.807, 2.05) is 0 Å². The third-order valence-electron chi connectivity index (χ3n) is 5.17. The maximum atomic E-state index is 11.7. The molecule has 3 saturated carbocycles. The summed E-state index contributed by atoms with van der Waals surface area (Å²) in [5, 5.41) is 13.0. The van der Waals surface area contributed by atoms with Crippen LogP contribution in [0.2, 0.25) is 5.28 Å². The number of oxazole rings is 1. The van der Waals surface area contributed by atoms with Gasteiger partial charge in [-0.15, -0.1) is 0 Å². The molecule has 0 amide bonds. The number of aromatic nitrogens is 3. The van der Waals surface area contributed by atoms with Crippen LogP contribution in [0.5, 0.6) is 0 Å². The van der Waals surface area contributed by atoms with E-state index in [1.165, 1.54) is 12.5 Å². The Morgan fingerprint density at radius 1 is 1.25 bits per heavy atom. The Kier molecular flexibility index (Phi) is 3.88. The Morgan fingerprint density at radius 2 is 2.00 bits per heavy atom. The molecule has 0 aliphatic heterocycles. The molecule has 3 aliphatic carbocycles. The lowest BCUT2D eigenvalue weighted by Gasteiger charge is -2.47. The zero-order chi connectivity index (χ0) is 16.7. The zero-order valence-corrected chi connectivity index (χ0v) is 13.6. The molecule has 7 nitrogen and oxygen atoms in total. The van der Waals surface area contributed by atoms with Gasteiger partial charge in [0.25, 0.3) is 0 Å². The largest absolute Gasteiger partial charge is 0.481 e. The van der Waals surface area contributed by atoms with E-state index >= 15 is 0 Å². The van der Waals surface area contributed by atoms with E-state index in [0.717, 1.165) is 25.7 Å². The molecule has 126 valence electrons. The molecule has 0 saturated heterocycles. The number of fused-ring (bicyclic) bond motifs is 3. The summed E-state index contributed by atoms with van der Waals surface area (Å²) in [5.41, 5.74) is 0.468. The summed E-state index contributed by atoms with van der Waals surface area (Å²) in [5.74, 6) is 0.296. The van der Waals surface area contributed by atoms with Gasteiger partial charge in [-0.2, -0.15) is 0 Å². The minimum Gasteiger partial charge on any atom is -0.481 e. The highest BCUT2D eigenvalue weighted by Crippen LogP contribution is 2.46. The van der Waals surface area contributed by atoms with Crippen molar-refractivity contribution in [2.24, 2.45) is 17.8 Å². The fourth-order valence-corrected chi connectivity index (χ4v) is 4.32. The minimum absolute atomic E-state index is 0.0704. The Hall–Kier alpha value is -2.15. The summed E-state index contributed by atoms with van der Waals surface area (Å²) in [7, 11) is 0. The normalized spacial score (nSPS) is 28.7. The van der Waals surface area contributed by atoms with Crippen LogP contribution in [0.4, 0.5) is 5.82 Å². The summed E-state index contributed by atoms with van der Waals surface area (Å²) in [6.07, 6.45) is 7.07. The molecule has 2 heterocycles. The van der Waals surface area contributed by atoms with Gasteiger partial charge in [0.05, 0.1) is 12.1 Å². The van der Waals surface area contributed by atoms with Gasteiger partial charge >= 0.3 is 5.97 Å². The van der Waals surface area contributed by atoms with Crippen molar-refractivity contribution in [2.75, 3.05) is 5.32 Å². The van der Waals surface area contributed by atoms with Crippen LogP contribution in [0.3, 0.4) is 0 Å². The van der Waals surface area contributed by atoms with Crippen molar-refractivity contribution >= 4 is 23.4 Å². The number of halogens is 1. The quantitative estimate of drug-likeness (QED) is 0.818. The summed E-state index contributed by atoms with van der Waals surface area (Å²) >= 11 is 6.01. The number of hydrogen-bond acceptors (Lipinski definition) is 6. The standard InChI is InChI=1S/C16H17ClN4O3/c17-16-19-10(14-18-5-6-24-14)7-11(21-16)20-13-9-3-1-8(2-4-9)12(13)15(22)23/h5-9,12-13H,1-4H2,(H,22,23)(H,19,20,21). The molecule has 2 N–H and O–H groups in total. The predicted molar refractivity (Wildman–Crippen MR) is 86.5 cm³/mol. The van der Waals surface area contributed by atoms with Crippen molar-refractivity contribution in [3.8, 4) is 11.6 Å². The number of carbonyl (C=O) groups is 1. The molecule has 3 aliphatic rings. The molecule has 0 radical (unpaired) electrons. The molecule has 2 aromatic rings. The molecule has 2 aromatic heterocycles. The highest BCUT2D eigenvalue weighted by atomic mass is 35.5. The molecule has 0 aromatic carbocycles. The highest BCUT2D eigenvalue weighted by Gasteiger charge is 2.47. The number of anilines is 1. The second kappa shape index (κ2) is 6.05. The van der Waals surface area contributed by atoms with Crippen molar-refractivity contribution in [1.82, 2.24) is 15.0 Å². The van der Waals surface area contributed by atoms with E-state index in [2.05, 4.69) is 20.3 Å². The van der Waals surface area contributed by atoms with Gasteiger partial charge in [0, 0.05) is 12.1 Å². The van der Waals surface area contributed by atoms with Crippen molar-refractivity contribution in [1.29, 1.82) is 0 Å². The smallest absolute Gasteiger partial charge is 0.308 e. The summed E-state index contributed by atoms with van der Waals surface area (Å²) in [6.45, 7) is 0. The van der Waals surface area contributed by atoms with E-state index in [4.69, 9.17) is 16.0 Å². The second-order valence-corrected chi connectivity index (χ2v) is 6.79. The number of nitrogens with zero attached hydrogens (tertiary/aromatic N) is 3. The molecule has 5 rings (SSSR count). The fraction of sp³-hybridized carbons (Fsp3) is 0.500. The first-order valence-corrected chi connectivity index (χ1v) is 8.43. The molecule has 0 spiro atoms. The van der Waals surface area contributed by atoms with Gasteiger partial charge in [0.15, 0.2) is 0 Å². The maximum absolute atomic E-state index is 11.7. The van der Waals surface area contributed by atoms with Crippen LogP contribution in [0, 0.1) is 17.8 Å². The van der Waals surface area contributed by atoms with Crippen LogP contribution in [0.25, 0.3) is 11.6 Å². The molecule has 2 atom stereocenters. The Labute approximate surface area is 143 Å². The minimum atomic E-state index is -0.741. The van der Waals surface area contributed by atoms with Gasteiger partial charge in [-0.25, -0.2) is 15.0 Å².